The zero-order valence-electron chi connectivity index (χ0n) is 11.1. The minimum absolute atomic E-state index is 0.0442. The lowest BCUT2D eigenvalue weighted by Crippen LogP contribution is -2.33. The number of nitrogens with one attached hydrogen (secondary N) is 3. The fourth-order valence-electron chi connectivity index (χ4n) is 1.46. The van der Waals surface area contributed by atoms with Gasteiger partial charge in [-0.1, -0.05) is 6.92 Å². The van der Waals surface area contributed by atoms with Crippen molar-refractivity contribution in [3.8, 4) is 0 Å². The summed E-state index contributed by atoms with van der Waals surface area (Å²) in [6.07, 6.45) is 1.09. The number of rotatable bonds is 6. The van der Waals surface area contributed by atoms with Gasteiger partial charge < -0.3 is 16.4 Å². The van der Waals surface area contributed by atoms with Gasteiger partial charge in [0.05, 0.1) is 0 Å². The largest absolute Gasteiger partial charge is 0.383 e. The number of anilines is 2. The first-order valence-corrected chi connectivity index (χ1v) is 6.06. The third kappa shape index (κ3) is 3.87. The maximum atomic E-state index is 11.5. The van der Waals surface area contributed by atoms with Crippen LogP contribution < -0.4 is 27.6 Å². The standard InChI is InChI=1S/C11H19N5O3/c1-3-5-13-7(17)4-6-14-8-9(12)16(2)11(19)15-10(8)18/h14H,3-6,12H2,1-2H3,(H,13,17)(H,15,18,19). The van der Waals surface area contributed by atoms with Gasteiger partial charge in [0.15, 0.2) is 0 Å². The van der Waals surface area contributed by atoms with Crippen molar-refractivity contribution in [2.75, 3.05) is 24.1 Å². The molecule has 0 spiro atoms. The number of nitrogens with two attached hydrogens (primary N) is 1. The molecule has 19 heavy (non-hydrogen) atoms. The van der Waals surface area contributed by atoms with Gasteiger partial charge in [-0.15, -0.1) is 0 Å². The topological polar surface area (TPSA) is 122 Å². The molecule has 1 aromatic heterocycles. The summed E-state index contributed by atoms with van der Waals surface area (Å²) in [6.45, 7) is 2.85. The second-order valence-corrected chi connectivity index (χ2v) is 4.11. The Balaban J connectivity index is 2.64. The van der Waals surface area contributed by atoms with Gasteiger partial charge in [0.1, 0.15) is 11.5 Å². The summed E-state index contributed by atoms with van der Waals surface area (Å²) in [4.78, 5) is 36.3. The number of amides is 1. The van der Waals surface area contributed by atoms with Crippen LogP contribution in [-0.4, -0.2) is 28.5 Å². The highest BCUT2D eigenvalue weighted by atomic mass is 16.2. The molecular weight excluding hydrogens is 250 g/mol. The molecule has 8 nitrogen and oxygen atoms in total. The van der Waals surface area contributed by atoms with E-state index in [0.29, 0.717) is 6.54 Å². The molecule has 1 amide bonds. The third-order valence-corrected chi connectivity index (χ3v) is 2.60. The number of hydrogen-bond acceptors (Lipinski definition) is 5. The molecule has 0 bridgehead atoms. The molecule has 0 aromatic carbocycles. The van der Waals surface area contributed by atoms with Crippen LogP contribution in [0.2, 0.25) is 0 Å². The van der Waals surface area contributed by atoms with Crippen molar-refractivity contribution in [2.45, 2.75) is 19.8 Å². The van der Waals surface area contributed by atoms with Crippen LogP contribution in [0, 0.1) is 0 Å². The van der Waals surface area contributed by atoms with Crippen molar-refractivity contribution < 1.29 is 4.79 Å². The van der Waals surface area contributed by atoms with E-state index in [9.17, 15) is 14.4 Å². The zero-order chi connectivity index (χ0) is 14.4. The molecule has 0 saturated carbocycles. The molecule has 0 saturated heterocycles. The number of nitrogen functional groups attached to an aromatic ring is 1. The number of hydrogen-bond donors (Lipinski definition) is 4. The van der Waals surface area contributed by atoms with Crippen LogP contribution in [0.3, 0.4) is 0 Å². The Bertz CT molecular complexity index is 560. The predicted octanol–water partition coefficient (Wildman–Crippen LogP) is -1.02. The first-order chi connectivity index (χ1) is 8.97. The van der Waals surface area contributed by atoms with Gasteiger partial charge in [0.25, 0.3) is 5.56 Å². The van der Waals surface area contributed by atoms with Gasteiger partial charge in [0.2, 0.25) is 5.91 Å². The van der Waals surface area contributed by atoms with Crippen molar-refractivity contribution in [3.63, 3.8) is 0 Å². The first-order valence-electron chi connectivity index (χ1n) is 6.06. The molecule has 0 fully saturated rings. The summed E-state index contributed by atoms with van der Waals surface area (Å²) in [7, 11) is 1.45. The molecule has 0 unspecified atom stereocenters. The van der Waals surface area contributed by atoms with E-state index in [4.69, 9.17) is 5.73 Å². The molecule has 1 aromatic rings. The summed E-state index contributed by atoms with van der Waals surface area (Å²) >= 11 is 0. The molecule has 1 rings (SSSR count). The van der Waals surface area contributed by atoms with Crippen molar-refractivity contribution >= 4 is 17.4 Å². The third-order valence-electron chi connectivity index (χ3n) is 2.60. The summed E-state index contributed by atoms with van der Waals surface area (Å²) < 4.78 is 1.13. The molecular formula is C11H19N5O3. The number of aromatic nitrogens is 2. The Morgan fingerprint density at radius 2 is 2.05 bits per heavy atom. The van der Waals surface area contributed by atoms with Crippen LogP contribution in [0.25, 0.3) is 0 Å². The highest BCUT2D eigenvalue weighted by molar-refractivity contribution is 5.76. The molecule has 106 valence electrons. The lowest BCUT2D eigenvalue weighted by Gasteiger charge is -2.10. The minimum atomic E-state index is -0.588. The molecule has 0 aliphatic carbocycles. The van der Waals surface area contributed by atoms with Crippen molar-refractivity contribution in [2.24, 2.45) is 7.05 Å². The highest BCUT2D eigenvalue weighted by Crippen LogP contribution is 2.07. The fourth-order valence-corrected chi connectivity index (χ4v) is 1.46. The second-order valence-electron chi connectivity index (χ2n) is 4.11. The summed E-state index contributed by atoms with van der Waals surface area (Å²) in [5.41, 5.74) is 4.60. The molecule has 8 heteroatoms. The van der Waals surface area contributed by atoms with E-state index in [2.05, 4.69) is 15.6 Å². The van der Waals surface area contributed by atoms with Crippen molar-refractivity contribution in [1.29, 1.82) is 0 Å². The summed E-state index contributed by atoms with van der Waals surface area (Å²) in [5.74, 6) is -0.0584. The Labute approximate surface area is 110 Å². The van der Waals surface area contributed by atoms with Crippen LogP contribution in [0.5, 0.6) is 0 Å². The number of aromatic amines is 1. The van der Waals surface area contributed by atoms with E-state index in [1.807, 2.05) is 6.92 Å². The minimum Gasteiger partial charge on any atom is -0.383 e. The lowest BCUT2D eigenvalue weighted by molar-refractivity contribution is -0.120. The Hall–Kier alpha value is -2.25. The predicted molar refractivity (Wildman–Crippen MR) is 73.1 cm³/mol. The van der Waals surface area contributed by atoms with Gasteiger partial charge in [0, 0.05) is 26.6 Å². The van der Waals surface area contributed by atoms with Crippen LogP contribution in [0.1, 0.15) is 19.8 Å². The van der Waals surface area contributed by atoms with E-state index in [-0.39, 0.29) is 30.4 Å². The van der Waals surface area contributed by atoms with Crippen LogP contribution in [0.15, 0.2) is 9.59 Å². The van der Waals surface area contributed by atoms with Gasteiger partial charge in [-0.05, 0) is 6.42 Å². The van der Waals surface area contributed by atoms with Gasteiger partial charge in [-0.3, -0.25) is 19.1 Å². The van der Waals surface area contributed by atoms with E-state index >= 15 is 0 Å². The number of H-pyrrole nitrogens is 1. The Kier molecular flexibility index (Phi) is 5.16. The Morgan fingerprint density at radius 3 is 2.68 bits per heavy atom. The monoisotopic (exact) mass is 269 g/mol. The molecule has 0 aliphatic heterocycles. The molecule has 0 aliphatic rings. The van der Waals surface area contributed by atoms with Crippen LogP contribution >= 0.6 is 0 Å². The zero-order valence-corrected chi connectivity index (χ0v) is 11.1. The van der Waals surface area contributed by atoms with Crippen molar-refractivity contribution in [1.82, 2.24) is 14.9 Å². The summed E-state index contributed by atoms with van der Waals surface area (Å²) in [6, 6.07) is 0. The van der Waals surface area contributed by atoms with E-state index in [0.717, 1.165) is 11.0 Å². The molecule has 0 radical (unpaired) electrons. The lowest BCUT2D eigenvalue weighted by atomic mass is 10.3. The fraction of sp³-hybridized carbons (Fsp3) is 0.545. The maximum absolute atomic E-state index is 11.5. The average Bonchev–Trinajstić information content (AvgIpc) is 2.37. The number of nitrogens with zero attached hydrogens (tertiary/aromatic N) is 1. The average molecular weight is 269 g/mol. The van der Waals surface area contributed by atoms with Gasteiger partial charge in [-0.2, -0.15) is 0 Å². The Morgan fingerprint density at radius 1 is 1.37 bits per heavy atom. The van der Waals surface area contributed by atoms with E-state index < -0.39 is 11.2 Å². The SMILES string of the molecule is CCCNC(=O)CCNc1c(N)n(C)c(=O)[nH]c1=O. The number of carbonyl (C=O) groups is 1. The van der Waals surface area contributed by atoms with Crippen molar-refractivity contribution in [3.05, 3.63) is 20.8 Å². The highest BCUT2D eigenvalue weighted by Gasteiger charge is 2.09. The normalized spacial score (nSPS) is 10.2. The maximum Gasteiger partial charge on any atom is 0.329 e. The quantitative estimate of drug-likeness (QED) is 0.527. The molecule has 5 N–H and O–H groups in total. The van der Waals surface area contributed by atoms with E-state index in [1.165, 1.54) is 7.05 Å². The smallest absolute Gasteiger partial charge is 0.329 e. The molecule has 0 atom stereocenters. The molecule has 1 heterocycles. The first kappa shape index (κ1) is 14.8. The van der Waals surface area contributed by atoms with Gasteiger partial charge >= 0.3 is 5.69 Å². The van der Waals surface area contributed by atoms with Crippen LogP contribution in [-0.2, 0) is 11.8 Å². The second kappa shape index (κ2) is 6.62. The summed E-state index contributed by atoms with van der Waals surface area (Å²) in [5, 5.41) is 5.48. The van der Waals surface area contributed by atoms with Crippen LogP contribution in [0.4, 0.5) is 11.5 Å². The number of carbonyl (C=O) groups excluding carboxylic acids is 1. The van der Waals surface area contributed by atoms with E-state index in [1.54, 1.807) is 0 Å². The van der Waals surface area contributed by atoms with Gasteiger partial charge in [-0.25, -0.2) is 4.79 Å².